The average Bonchev–Trinajstić information content (AvgIpc) is 2.46. The highest BCUT2D eigenvalue weighted by Crippen LogP contribution is 2.30. The third kappa shape index (κ3) is 3.11. The van der Waals surface area contributed by atoms with Crippen LogP contribution in [0, 0.1) is 0 Å². The van der Waals surface area contributed by atoms with Gasteiger partial charge in [0.2, 0.25) is 0 Å². The first kappa shape index (κ1) is 14.8. The Morgan fingerprint density at radius 3 is 2.85 bits per heavy atom. The van der Waals surface area contributed by atoms with E-state index in [1.807, 2.05) is 19.1 Å². The van der Waals surface area contributed by atoms with Crippen molar-refractivity contribution >= 4 is 11.7 Å². The van der Waals surface area contributed by atoms with Gasteiger partial charge in [-0.15, -0.1) is 0 Å². The smallest absolute Gasteiger partial charge is 0.337 e. The lowest BCUT2D eigenvalue weighted by Crippen LogP contribution is -2.56. The second-order valence-electron chi connectivity index (χ2n) is 4.75. The van der Waals surface area contributed by atoms with E-state index in [-0.39, 0.29) is 24.2 Å². The molecule has 20 heavy (non-hydrogen) atoms. The van der Waals surface area contributed by atoms with Crippen molar-refractivity contribution < 1.29 is 19.0 Å². The molecule has 1 aliphatic rings. The zero-order chi connectivity index (χ0) is 14.5. The van der Waals surface area contributed by atoms with Crippen molar-refractivity contribution in [2.75, 3.05) is 26.1 Å². The van der Waals surface area contributed by atoms with Crippen LogP contribution < -0.4 is 5.32 Å². The van der Waals surface area contributed by atoms with E-state index in [9.17, 15) is 4.79 Å². The lowest BCUT2D eigenvalue weighted by molar-refractivity contribution is -0.118. The molecule has 0 bridgehead atoms. The number of anilines is 1. The molecular formula is C15H21NO4. The van der Waals surface area contributed by atoms with Gasteiger partial charge in [0.25, 0.3) is 0 Å². The van der Waals surface area contributed by atoms with Crippen molar-refractivity contribution in [2.24, 2.45) is 0 Å². The van der Waals surface area contributed by atoms with Crippen LogP contribution in [0.25, 0.3) is 0 Å². The van der Waals surface area contributed by atoms with E-state index in [2.05, 4.69) is 5.32 Å². The molecule has 1 fully saturated rings. The third-order valence-electron chi connectivity index (χ3n) is 3.54. The van der Waals surface area contributed by atoms with Gasteiger partial charge in [-0.05, 0) is 31.5 Å². The van der Waals surface area contributed by atoms with Crippen LogP contribution in [0.1, 0.15) is 23.7 Å². The van der Waals surface area contributed by atoms with Crippen molar-refractivity contribution in [1.29, 1.82) is 0 Å². The van der Waals surface area contributed by atoms with Gasteiger partial charge in [-0.1, -0.05) is 6.07 Å². The van der Waals surface area contributed by atoms with E-state index in [4.69, 9.17) is 14.2 Å². The van der Waals surface area contributed by atoms with Crippen LogP contribution in [0.4, 0.5) is 5.69 Å². The van der Waals surface area contributed by atoms with Crippen LogP contribution in [0.15, 0.2) is 24.3 Å². The SMILES string of the molecule is CCOC1CC(Nc2cccc(C(=O)OC)c2)C1OC. The Bertz CT molecular complexity index is 463. The fourth-order valence-corrected chi connectivity index (χ4v) is 2.48. The zero-order valence-electron chi connectivity index (χ0n) is 12.1. The van der Waals surface area contributed by atoms with Crippen LogP contribution in [0.2, 0.25) is 0 Å². The minimum atomic E-state index is -0.335. The molecule has 1 aromatic carbocycles. The number of esters is 1. The van der Waals surface area contributed by atoms with E-state index >= 15 is 0 Å². The number of carbonyl (C=O) groups excluding carboxylic acids is 1. The maximum Gasteiger partial charge on any atom is 0.337 e. The molecular weight excluding hydrogens is 258 g/mol. The summed E-state index contributed by atoms with van der Waals surface area (Å²) in [7, 11) is 3.07. The standard InChI is InChI=1S/C15H21NO4/c1-4-20-13-9-12(14(13)18-2)16-11-7-5-6-10(8-11)15(17)19-3/h5-8,12-14,16H,4,9H2,1-3H3. The maximum atomic E-state index is 11.5. The third-order valence-corrected chi connectivity index (χ3v) is 3.54. The van der Waals surface area contributed by atoms with Crippen molar-refractivity contribution in [1.82, 2.24) is 0 Å². The molecule has 2 rings (SSSR count). The quantitative estimate of drug-likeness (QED) is 0.808. The van der Waals surface area contributed by atoms with Gasteiger partial charge >= 0.3 is 5.97 Å². The van der Waals surface area contributed by atoms with Crippen LogP contribution in [0.5, 0.6) is 0 Å². The van der Waals surface area contributed by atoms with Crippen LogP contribution >= 0.6 is 0 Å². The average molecular weight is 279 g/mol. The number of benzene rings is 1. The zero-order valence-corrected chi connectivity index (χ0v) is 12.1. The highest BCUT2D eigenvalue weighted by atomic mass is 16.5. The van der Waals surface area contributed by atoms with Crippen LogP contribution in [-0.2, 0) is 14.2 Å². The molecule has 3 atom stereocenters. The first-order valence-corrected chi connectivity index (χ1v) is 6.79. The molecule has 5 nitrogen and oxygen atoms in total. The van der Waals surface area contributed by atoms with Crippen molar-refractivity contribution in [2.45, 2.75) is 31.6 Å². The van der Waals surface area contributed by atoms with E-state index in [1.54, 1.807) is 19.2 Å². The molecule has 0 aliphatic heterocycles. The molecule has 3 unspecified atom stereocenters. The van der Waals surface area contributed by atoms with E-state index < -0.39 is 0 Å². The minimum Gasteiger partial charge on any atom is -0.465 e. The summed E-state index contributed by atoms with van der Waals surface area (Å²) in [6, 6.07) is 7.47. The van der Waals surface area contributed by atoms with Gasteiger partial charge in [-0.25, -0.2) is 4.79 Å². The second-order valence-corrected chi connectivity index (χ2v) is 4.75. The number of rotatable bonds is 6. The number of nitrogens with one attached hydrogen (secondary N) is 1. The van der Waals surface area contributed by atoms with Gasteiger partial charge in [0.1, 0.15) is 6.10 Å². The Hall–Kier alpha value is -1.59. The highest BCUT2D eigenvalue weighted by molar-refractivity contribution is 5.90. The molecule has 0 amide bonds. The fraction of sp³-hybridized carbons (Fsp3) is 0.533. The van der Waals surface area contributed by atoms with E-state index in [0.29, 0.717) is 12.2 Å². The van der Waals surface area contributed by atoms with Gasteiger partial charge in [0.05, 0.1) is 24.8 Å². The van der Waals surface area contributed by atoms with Crippen molar-refractivity contribution in [3.05, 3.63) is 29.8 Å². The molecule has 1 N–H and O–H groups in total. The first-order valence-electron chi connectivity index (χ1n) is 6.79. The number of methoxy groups -OCH3 is 2. The molecule has 5 heteroatoms. The molecule has 0 radical (unpaired) electrons. The van der Waals surface area contributed by atoms with Gasteiger partial charge < -0.3 is 19.5 Å². The summed E-state index contributed by atoms with van der Waals surface area (Å²) in [5, 5.41) is 3.37. The molecule has 1 aromatic rings. The lowest BCUT2D eigenvalue weighted by atomic mass is 9.85. The highest BCUT2D eigenvalue weighted by Gasteiger charge is 2.42. The predicted octanol–water partition coefficient (Wildman–Crippen LogP) is 2.08. The summed E-state index contributed by atoms with van der Waals surface area (Å²) < 4.78 is 15.8. The molecule has 1 aliphatic carbocycles. The molecule has 110 valence electrons. The molecule has 0 heterocycles. The van der Waals surface area contributed by atoms with Crippen molar-refractivity contribution in [3.63, 3.8) is 0 Å². The summed E-state index contributed by atoms with van der Waals surface area (Å²) in [5.41, 5.74) is 1.42. The largest absolute Gasteiger partial charge is 0.465 e. The summed E-state index contributed by atoms with van der Waals surface area (Å²) >= 11 is 0. The Morgan fingerprint density at radius 2 is 2.20 bits per heavy atom. The monoisotopic (exact) mass is 279 g/mol. The minimum absolute atomic E-state index is 0.0386. The topological polar surface area (TPSA) is 56.8 Å². The van der Waals surface area contributed by atoms with E-state index in [1.165, 1.54) is 7.11 Å². The molecule has 0 aromatic heterocycles. The number of ether oxygens (including phenoxy) is 3. The van der Waals surface area contributed by atoms with E-state index in [0.717, 1.165) is 12.1 Å². The fourth-order valence-electron chi connectivity index (χ4n) is 2.48. The number of carbonyl (C=O) groups is 1. The van der Waals surface area contributed by atoms with Gasteiger partial charge in [-0.3, -0.25) is 0 Å². The predicted molar refractivity (Wildman–Crippen MR) is 76.0 cm³/mol. The summed E-state index contributed by atoms with van der Waals surface area (Å²) in [6.07, 6.45) is 1.08. The van der Waals surface area contributed by atoms with Crippen molar-refractivity contribution in [3.8, 4) is 0 Å². The molecule has 0 spiro atoms. The maximum absolute atomic E-state index is 11.5. The Balaban J connectivity index is 1.99. The summed E-state index contributed by atoms with van der Waals surface area (Å²) in [5.74, 6) is -0.335. The van der Waals surface area contributed by atoms with Crippen LogP contribution in [-0.4, -0.2) is 45.0 Å². The first-order chi connectivity index (χ1) is 9.69. The lowest BCUT2D eigenvalue weighted by Gasteiger charge is -2.43. The molecule has 1 saturated carbocycles. The second kappa shape index (κ2) is 6.72. The van der Waals surface area contributed by atoms with Gasteiger partial charge in [0.15, 0.2) is 0 Å². The van der Waals surface area contributed by atoms with Gasteiger partial charge in [0, 0.05) is 19.4 Å². The Morgan fingerprint density at radius 1 is 1.40 bits per heavy atom. The Kier molecular flexibility index (Phi) is 4.98. The summed E-state index contributed by atoms with van der Waals surface area (Å²) in [6.45, 7) is 2.67. The van der Waals surface area contributed by atoms with Gasteiger partial charge in [-0.2, -0.15) is 0 Å². The van der Waals surface area contributed by atoms with Crippen LogP contribution in [0.3, 0.4) is 0 Å². The number of hydrogen-bond acceptors (Lipinski definition) is 5. The Labute approximate surface area is 119 Å². The summed E-state index contributed by atoms with van der Waals surface area (Å²) in [4.78, 5) is 11.5. The normalized spacial score (nSPS) is 24.9. The number of hydrogen-bond donors (Lipinski definition) is 1. The molecule has 0 saturated heterocycles.